The van der Waals surface area contributed by atoms with Crippen LogP contribution in [0, 0.1) is 6.92 Å². The van der Waals surface area contributed by atoms with Crippen LogP contribution in [-0.4, -0.2) is 24.7 Å². The summed E-state index contributed by atoms with van der Waals surface area (Å²) in [6, 6.07) is 4.61. The lowest BCUT2D eigenvalue weighted by Gasteiger charge is -2.13. The van der Waals surface area contributed by atoms with E-state index < -0.39 is 11.9 Å². The summed E-state index contributed by atoms with van der Waals surface area (Å²) in [6.07, 6.45) is 2.16. The van der Waals surface area contributed by atoms with E-state index in [-0.39, 0.29) is 16.3 Å². The minimum atomic E-state index is -0.534. The number of hydrazone groups is 1. The van der Waals surface area contributed by atoms with Crippen LogP contribution in [0.4, 0.5) is 0 Å². The van der Waals surface area contributed by atoms with Crippen LogP contribution in [0.1, 0.15) is 50.6 Å². The zero-order chi connectivity index (χ0) is 18.8. The Morgan fingerprint density at radius 3 is 2.73 bits per heavy atom. The van der Waals surface area contributed by atoms with E-state index in [0.29, 0.717) is 34.9 Å². The lowest BCUT2D eigenvalue weighted by molar-refractivity contribution is 0.0561. The summed E-state index contributed by atoms with van der Waals surface area (Å²) in [5, 5.41) is 4.92. The number of carbonyl (C=O) groups is 2. The molecule has 0 saturated carbocycles. The fourth-order valence-corrected chi connectivity index (χ4v) is 3.41. The number of nitrogens with zero attached hydrogens (tertiary/aromatic N) is 1. The van der Waals surface area contributed by atoms with Gasteiger partial charge in [-0.1, -0.05) is 23.2 Å². The van der Waals surface area contributed by atoms with Crippen LogP contribution in [0.25, 0.3) is 0 Å². The normalized spacial score (nSPS) is 14.8. The molecule has 0 saturated heterocycles. The summed E-state index contributed by atoms with van der Waals surface area (Å²) >= 11 is 11.9. The summed E-state index contributed by atoms with van der Waals surface area (Å²) in [5.41, 5.74) is 4.85. The van der Waals surface area contributed by atoms with Gasteiger partial charge in [-0.15, -0.1) is 0 Å². The maximum atomic E-state index is 12.3. The smallest absolute Gasteiger partial charge is 0.374 e. The minimum Gasteiger partial charge on any atom is -0.463 e. The molecule has 1 aromatic carbocycles. The molecule has 2 aromatic rings. The molecular formula is C18H16Cl2N2O4. The Morgan fingerprint density at radius 1 is 1.27 bits per heavy atom. The Balaban J connectivity index is 1.88. The Morgan fingerprint density at radius 2 is 2.04 bits per heavy atom. The molecule has 1 amide bonds. The molecule has 1 aromatic heterocycles. The number of carbonyl (C=O) groups excluding carboxylic acids is 2. The highest BCUT2D eigenvalue weighted by Crippen LogP contribution is 2.30. The molecule has 6 nitrogen and oxygen atoms in total. The van der Waals surface area contributed by atoms with E-state index in [2.05, 4.69) is 10.5 Å². The summed E-state index contributed by atoms with van der Waals surface area (Å²) in [4.78, 5) is 24.2. The van der Waals surface area contributed by atoms with Gasteiger partial charge in [-0.05, 0) is 38.0 Å². The summed E-state index contributed by atoms with van der Waals surface area (Å²) in [7, 11) is 1.30. The van der Waals surface area contributed by atoms with Crippen LogP contribution in [0.5, 0.6) is 0 Å². The van der Waals surface area contributed by atoms with Gasteiger partial charge in [0.2, 0.25) is 5.76 Å². The van der Waals surface area contributed by atoms with Crippen LogP contribution in [0.15, 0.2) is 27.7 Å². The molecular weight excluding hydrogens is 379 g/mol. The monoisotopic (exact) mass is 394 g/mol. The molecule has 0 radical (unpaired) electrons. The number of rotatable bonds is 3. The van der Waals surface area contributed by atoms with Crippen molar-refractivity contribution in [2.24, 2.45) is 5.10 Å². The number of esters is 1. The highest BCUT2D eigenvalue weighted by atomic mass is 35.5. The summed E-state index contributed by atoms with van der Waals surface area (Å²) < 4.78 is 10.4. The van der Waals surface area contributed by atoms with Gasteiger partial charge in [-0.2, -0.15) is 5.10 Å². The highest BCUT2D eigenvalue weighted by molar-refractivity contribution is 6.36. The third kappa shape index (κ3) is 3.48. The Kier molecular flexibility index (Phi) is 5.34. The first-order valence-electron chi connectivity index (χ1n) is 7.95. The molecule has 0 fully saturated rings. The molecule has 1 heterocycles. The van der Waals surface area contributed by atoms with Gasteiger partial charge < -0.3 is 9.15 Å². The average molecular weight is 395 g/mol. The SMILES string of the molecule is COC(=O)c1oc2c(c1C)/C(=N/NC(=O)c1ccc(Cl)cc1Cl)CCC2. The molecule has 0 bridgehead atoms. The van der Waals surface area contributed by atoms with E-state index in [1.807, 2.05) is 0 Å². The number of hydrogen-bond acceptors (Lipinski definition) is 5. The number of ether oxygens (including phenoxy) is 1. The largest absolute Gasteiger partial charge is 0.463 e. The number of nitrogens with one attached hydrogen (secondary N) is 1. The molecule has 0 atom stereocenters. The second-order valence-electron chi connectivity index (χ2n) is 5.82. The van der Waals surface area contributed by atoms with Gasteiger partial charge >= 0.3 is 5.97 Å². The molecule has 3 rings (SSSR count). The first kappa shape index (κ1) is 18.5. The number of hydrogen-bond donors (Lipinski definition) is 1. The zero-order valence-corrected chi connectivity index (χ0v) is 15.7. The third-order valence-electron chi connectivity index (χ3n) is 4.16. The molecule has 136 valence electrons. The van der Waals surface area contributed by atoms with E-state index in [9.17, 15) is 9.59 Å². The van der Waals surface area contributed by atoms with E-state index >= 15 is 0 Å². The first-order valence-corrected chi connectivity index (χ1v) is 8.71. The van der Waals surface area contributed by atoms with Crippen LogP contribution in [-0.2, 0) is 11.2 Å². The van der Waals surface area contributed by atoms with Crippen molar-refractivity contribution in [1.29, 1.82) is 0 Å². The average Bonchev–Trinajstić information content (AvgIpc) is 2.96. The second kappa shape index (κ2) is 7.51. The van der Waals surface area contributed by atoms with Crippen molar-refractivity contribution in [3.8, 4) is 0 Å². The fourth-order valence-electron chi connectivity index (χ4n) is 2.92. The number of benzene rings is 1. The van der Waals surface area contributed by atoms with Gasteiger partial charge in [0, 0.05) is 22.6 Å². The van der Waals surface area contributed by atoms with Crippen molar-refractivity contribution in [3.63, 3.8) is 0 Å². The van der Waals surface area contributed by atoms with Gasteiger partial charge in [0.25, 0.3) is 5.91 Å². The second-order valence-corrected chi connectivity index (χ2v) is 6.67. The van der Waals surface area contributed by atoms with Gasteiger partial charge in [-0.25, -0.2) is 10.2 Å². The van der Waals surface area contributed by atoms with E-state index in [1.54, 1.807) is 13.0 Å². The van der Waals surface area contributed by atoms with E-state index in [0.717, 1.165) is 12.0 Å². The van der Waals surface area contributed by atoms with Crippen LogP contribution >= 0.6 is 23.2 Å². The van der Waals surface area contributed by atoms with Crippen molar-refractivity contribution < 1.29 is 18.7 Å². The first-order chi connectivity index (χ1) is 12.4. The molecule has 8 heteroatoms. The van der Waals surface area contributed by atoms with Gasteiger partial charge in [0.05, 0.1) is 23.4 Å². The quantitative estimate of drug-likeness (QED) is 0.625. The molecule has 1 aliphatic rings. The predicted octanol–water partition coefficient (Wildman–Crippen LogP) is 4.15. The van der Waals surface area contributed by atoms with Crippen molar-refractivity contribution in [1.82, 2.24) is 5.43 Å². The molecule has 1 aliphatic carbocycles. The standard InChI is InChI=1S/C18H16Cl2N2O4/c1-9-15-13(4-3-5-14(15)26-16(9)18(24)25-2)21-22-17(23)11-7-6-10(19)8-12(11)20/h6-8H,3-5H2,1-2H3,(H,22,23)/b21-13+. The number of halogens is 2. The molecule has 0 aliphatic heterocycles. The maximum Gasteiger partial charge on any atom is 0.374 e. The lowest BCUT2D eigenvalue weighted by Crippen LogP contribution is -2.22. The topological polar surface area (TPSA) is 80.9 Å². The molecule has 26 heavy (non-hydrogen) atoms. The number of amides is 1. The minimum absolute atomic E-state index is 0.166. The predicted molar refractivity (Wildman–Crippen MR) is 98.2 cm³/mol. The van der Waals surface area contributed by atoms with Gasteiger partial charge in [0.15, 0.2) is 0 Å². The van der Waals surface area contributed by atoms with Crippen LogP contribution in [0.2, 0.25) is 10.0 Å². The van der Waals surface area contributed by atoms with Crippen molar-refractivity contribution in [2.45, 2.75) is 26.2 Å². The Hall–Kier alpha value is -2.31. The van der Waals surface area contributed by atoms with E-state index in [1.165, 1.54) is 19.2 Å². The van der Waals surface area contributed by atoms with Crippen molar-refractivity contribution >= 4 is 40.8 Å². The zero-order valence-electron chi connectivity index (χ0n) is 14.2. The van der Waals surface area contributed by atoms with Crippen molar-refractivity contribution in [2.75, 3.05) is 7.11 Å². The number of fused-ring (bicyclic) bond motifs is 1. The molecule has 0 unspecified atom stereocenters. The number of aryl methyl sites for hydroxylation is 1. The maximum absolute atomic E-state index is 12.3. The van der Waals surface area contributed by atoms with Crippen LogP contribution in [0.3, 0.4) is 0 Å². The lowest BCUT2D eigenvalue weighted by atomic mass is 9.93. The third-order valence-corrected chi connectivity index (χ3v) is 4.71. The Labute approximate surface area is 160 Å². The van der Waals surface area contributed by atoms with Crippen LogP contribution < -0.4 is 5.43 Å². The van der Waals surface area contributed by atoms with Gasteiger partial charge in [0.1, 0.15) is 5.76 Å². The molecule has 0 spiro atoms. The summed E-state index contributed by atoms with van der Waals surface area (Å²) in [5.74, 6) is -0.139. The summed E-state index contributed by atoms with van der Waals surface area (Å²) in [6.45, 7) is 1.77. The number of furan rings is 1. The van der Waals surface area contributed by atoms with Crippen molar-refractivity contribution in [3.05, 3.63) is 56.5 Å². The van der Waals surface area contributed by atoms with Gasteiger partial charge in [-0.3, -0.25) is 4.79 Å². The highest BCUT2D eigenvalue weighted by Gasteiger charge is 2.28. The Bertz CT molecular complexity index is 918. The van der Waals surface area contributed by atoms with E-state index in [4.69, 9.17) is 32.4 Å². The molecule has 1 N–H and O–H groups in total. The number of methoxy groups -OCH3 is 1. The fraction of sp³-hybridized carbons (Fsp3) is 0.278.